The van der Waals surface area contributed by atoms with E-state index in [1.54, 1.807) is 11.6 Å². The van der Waals surface area contributed by atoms with E-state index in [1.807, 2.05) is 24.3 Å². The number of nitrogens with one attached hydrogen (secondary N) is 1. The second kappa shape index (κ2) is 7.23. The number of alkyl halides is 1. The van der Waals surface area contributed by atoms with Crippen molar-refractivity contribution in [2.75, 3.05) is 36.4 Å². The average molecular weight is 449 g/mol. The largest absolute Gasteiger partial charge is 0.355 e. The number of likely N-dealkylation sites (tertiary alicyclic amines) is 1. The summed E-state index contributed by atoms with van der Waals surface area (Å²) in [6.07, 6.45) is 2.16. The van der Waals surface area contributed by atoms with Crippen LogP contribution in [0.2, 0.25) is 0 Å². The number of hydrogen-bond acceptors (Lipinski definition) is 6. The standard InChI is InChI=1S/C23H24FN7O2/c1-29-18-17(28-20(29)21(32)31-9-6-14(24)12-31)19(26-13-25-18)30-10-7-23(8-11-30)15-4-2-3-5-16(15)27-22(23)33/h2-5,13-14H,6-12H2,1H3,(H,27,33). The smallest absolute Gasteiger partial charge is 0.290 e. The Kier molecular flexibility index (Phi) is 4.40. The van der Waals surface area contributed by atoms with Crippen molar-refractivity contribution in [3.63, 3.8) is 0 Å². The first-order valence-corrected chi connectivity index (χ1v) is 11.2. The van der Waals surface area contributed by atoms with Gasteiger partial charge >= 0.3 is 0 Å². The van der Waals surface area contributed by atoms with Crippen LogP contribution in [-0.4, -0.2) is 68.6 Å². The Morgan fingerprint density at radius 3 is 2.73 bits per heavy atom. The molecule has 3 aliphatic rings. The van der Waals surface area contributed by atoms with Crippen molar-refractivity contribution in [1.29, 1.82) is 0 Å². The second-order valence-electron chi connectivity index (χ2n) is 9.07. The predicted molar refractivity (Wildman–Crippen MR) is 120 cm³/mol. The van der Waals surface area contributed by atoms with Gasteiger partial charge < -0.3 is 19.7 Å². The van der Waals surface area contributed by atoms with Gasteiger partial charge in [0.05, 0.1) is 12.0 Å². The Bertz CT molecular complexity index is 1280. The zero-order valence-corrected chi connectivity index (χ0v) is 18.3. The maximum atomic E-state index is 13.6. The van der Waals surface area contributed by atoms with Crippen LogP contribution >= 0.6 is 0 Å². The number of para-hydroxylation sites is 1. The van der Waals surface area contributed by atoms with Crippen LogP contribution in [-0.2, 0) is 17.3 Å². The molecule has 2 saturated heterocycles. The third kappa shape index (κ3) is 2.93. The molecule has 0 saturated carbocycles. The van der Waals surface area contributed by atoms with E-state index in [0.717, 1.165) is 11.3 Å². The number of anilines is 2. The minimum Gasteiger partial charge on any atom is -0.355 e. The van der Waals surface area contributed by atoms with Crippen LogP contribution in [0, 0.1) is 0 Å². The monoisotopic (exact) mass is 449 g/mol. The van der Waals surface area contributed by atoms with E-state index in [-0.39, 0.29) is 24.2 Å². The lowest BCUT2D eigenvalue weighted by Gasteiger charge is -2.38. The third-order valence-electron chi connectivity index (χ3n) is 7.29. The molecular formula is C23H24FN7O2. The van der Waals surface area contributed by atoms with E-state index < -0.39 is 11.6 Å². The molecule has 1 N–H and O–H groups in total. The van der Waals surface area contributed by atoms with E-state index >= 15 is 0 Å². The molecule has 2 amide bonds. The molecule has 10 heteroatoms. The molecular weight excluding hydrogens is 425 g/mol. The van der Waals surface area contributed by atoms with Gasteiger partial charge in [0.25, 0.3) is 5.91 Å². The zero-order valence-electron chi connectivity index (χ0n) is 18.3. The van der Waals surface area contributed by atoms with Crippen LogP contribution in [0.4, 0.5) is 15.9 Å². The van der Waals surface area contributed by atoms with Gasteiger partial charge in [-0.1, -0.05) is 18.2 Å². The Hall–Kier alpha value is -3.56. The lowest BCUT2D eigenvalue weighted by atomic mass is 9.73. The number of halogens is 1. The topological polar surface area (TPSA) is 96.2 Å². The number of aromatic nitrogens is 4. The number of aryl methyl sites for hydroxylation is 1. The SMILES string of the molecule is Cn1c(C(=O)N2CCC(F)C2)nc2c(N3CCC4(CC3)C(=O)Nc3ccccc34)ncnc21. The summed E-state index contributed by atoms with van der Waals surface area (Å²) in [5.41, 5.74) is 2.54. The Labute approximate surface area is 189 Å². The molecule has 9 nitrogen and oxygen atoms in total. The second-order valence-corrected chi connectivity index (χ2v) is 9.07. The van der Waals surface area contributed by atoms with Gasteiger partial charge in [0.1, 0.15) is 12.5 Å². The predicted octanol–water partition coefficient (Wildman–Crippen LogP) is 2.04. The molecule has 33 heavy (non-hydrogen) atoms. The van der Waals surface area contributed by atoms with Crippen molar-refractivity contribution in [2.45, 2.75) is 30.8 Å². The van der Waals surface area contributed by atoms with Gasteiger partial charge in [-0.25, -0.2) is 19.3 Å². The maximum absolute atomic E-state index is 13.6. The minimum atomic E-state index is -0.988. The van der Waals surface area contributed by atoms with Gasteiger partial charge in [0.2, 0.25) is 11.7 Å². The molecule has 1 spiro atoms. The summed E-state index contributed by atoms with van der Waals surface area (Å²) in [6, 6.07) is 7.88. The molecule has 1 aromatic carbocycles. The van der Waals surface area contributed by atoms with Gasteiger partial charge in [-0.2, -0.15) is 0 Å². The van der Waals surface area contributed by atoms with Crippen LogP contribution in [0.3, 0.4) is 0 Å². The molecule has 1 unspecified atom stereocenters. The highest BCUT2D eigenvalue weighted by Crippen LogP contribution is 2.45. The van der Waals surface area contributed by atoms with Gasteiger partial charge in [-0.3, -0.25) is 9.59 Å². The third-order valence-corrected chi connectivity index (χ3v) is 7.29. The van der Waals surface area contributed by atoms with Crippen LogP contribution < -0.4 is 10.2 Å². The van der Waals surface area contributed by atoms with Crippen molar-refractivity contribution in [2.24, 2.45) is 7.05 Å². The quantitative estimate of drug-likeness (QED) is 0.643. The highest BCUT2D eigenvalue weighted by atomic mass is 19.1. The van der Waals surface area contributed by atoms with Crippen LogP contribution in [0.15, 0.2) is 30.6 Å². The molecule has 6 rings (SSSR count). The van der Waals surface area contributed by atoms with Gasteiger partial charge in [-0.15, -0.1) is 0 Å². The maximum Gasteiger partial charge on any atom is 0.290 e. The first-order valence-electron chi connectivity index (χ1n) is 11.2. The van der Waals surface area contributed by atoms with E-state index in [9.17, 15) is 14.0 Å². The van der Waals surface area contributed by atoms with Crippen molar-refractivity contribution in [1.82, 2.24) is 24.4 Å². The summed E-state index contributed by atoms with van der Waals surface area (Å²) < 4.78 is 15.3. The van der Waals surface area contributed by atoms with Crippen molar-refractivity contribution in [3.05, 3.63) is 42.0 Å². The number of piperidine rings is 1. The van der Waals surface area contributed by atoms with Crippen LogP contribution in [0.5, 0.6) is 0 Å². The summed E-state index contributed by atoms with van der Waals surface area (Å²) in [7, 11) is 1.74. The number of carbonyl (C=O) groups excluding carboxylic acids is 2. The molecule has 2 aromatic heterocycles. The molecule has 2 fully saturated rings. The number of imidazole rings is 1. The fourth-order valence-electron chi connectivity index (χ4n) is 5.42. The molecule has 0 aliphatic carbocycles. The Morgan fingerprint density at radius 2 is 1.97 bits per heavy atom. The summed E-state index contributed by atoms with van der Waals surface area (Å²) in [5, 5.41) is 3.03. The van der Waals surface area contributed by atoms with Crippen LogP contribution in [0.25, 0.3) is 11.2 Å². The summed E-state index contributed by atoms with van der Waals surface area (Å²) in [5.74, 6) is 0.650. The zero-order chi connectivity index (χ0) is 22.7. The Balaban J connectivity index is 1.30. The molecule has 170 valence electrons. The number of nitrogens with zero attached hydrogens (tertiary/aromatic N) is 6. The van der Waals surface area contributed by atoms with Crippen LogP contribution in [0.1, 0.15) is 35.4 Å². The minimum absolute atomic E-state index is 0.0543. The van der Waals surface area contributed by atoms with Crippen molar-refractivity contribution >= 4 is 34.5 Å². The first-order chi connectivity index (χ1) is 16.0. The van der Waals surface area contributed by atoms with Crippen molar-refractivity contribution < 1.29 is 14.0 Å². The number of hydrogen-bond donors (Lipinski definition) is 1. The first kappa shape index (κ1) is 20.1. The van der Waals surface area contributed by atoms with Gasteiger partial charge in [0.15, 0.2) is 17.0 Å². The number of fused-ring (bicyclic) bond motifs is 3. The van der Waals surface area contributed by atoms with E-state index in [4.69, 9.17) is 0 Å². The number of carbonyl (C=O) groups is 2. The lowest BCUT2D eigenvalue weighted by Crippen LogP contribution is -2.46. The summed E-state index contributed by atoms with van der Waals surface area (Å²) in [6.45, 7) is 1.74. The lowest BCUT2D eigenvalue weighted by molar-refractivity contribution is -0.121. The van der Waals surface area contributed by atoms with Gasteiger partial charge in [0, 0.05) is 32.4 Å². The molecule has 3 aliphatic heterocycles. The van der Waals surface area contributed by atoms with E-state index in [2.05, 4.69) is 25.2 Å². The Morgan fingerprint density at radius 1 is 1.18 bits per heavy atom. The average Bonchev–Trinajstić information content (AvgIpc) is 3.49. The fourth-order valence-corrected chi connectivity index (χ4v) is 5.42. The highest BCUT2D eigenvalue weighted by Gasteiger charge is 2.48. The normalized spacial score (nSPS) is 21.6. The summed E-state index contributed by atoms with van der Waals surface area (Å²) in [4.78, 5) is 42.9. The van der Waals surface area contributed by atoms with E-state index in [1.165, 1.54) is 11.2 Å². The number of rotatable bonds is 2. The van der Waals surface area contributed by atoms with E-state index in [0.29, 0.717) is 55.9 Å². The number of benzene rings is 1. The molecule has 0 radical (unpaired) electrons. The fraction of sp³-hybridized carbons (Fsp3) is 0.435. The molecule has 0 bridgehead atoms. The summed E-state index contributed by atoms with van der Waals surface area (Å²) >= 11 is 0. The van der Waals surface area contributed by atoms with Crippen molar-refractivity contribution in [3.8, 4) is 0 Å². The molecule has 1 atom stereocenters. The van der Waals surface area contributed by atoms with Gasteiger partial charge in [-0.05, 0) is 30.9 Å². The molecule has 3 aromatic rings. The number of amides is 2. The molecule has 5 heterocycles. The highest BCUT2D eigenvalue weighted by molar-refractivity contribution is 6.06.